The van der Waals surface area contributed by atoms with Crippen LogP contribution in [0.5, 0.6) is 0 Å². The van der Waals surface area contributed by atoms with Gasteiger partial charge >= 0.3 is 0 Å². The molecule has 0 atom stereocenters. The van der Waals surface area contributed by atoms with Gasteiger partial charge < -0.3 is 15.8 Å². The lowest BCUT2D eigenvalue weighted by atomic mass is 10.0. The molecule has 0 aromatic carbocycles. The molecule has 3 heteroatoms. The van der Waals surface area contributed by atoms with Gasteiger partial charge in [-0.25, -0.2) is 0 Å². The molecule has 0 aromatic heterocycles. The van der Waals surface area contributed by atoms with Crippen LogP contribution in [0.2, 0.25) is 0 Å². The summed E-state index contributed by atoms with van der Waals surface area (Å²) in [4.78, 5) is 0. The van der Waals surface area contributed by atoms with Crippen molar-refractivity contribution in [2.75, 3.05) is 32.8 Å². The van der Waals surface area contributed by atoms with E-state index in [1.807, 2.05) is 0 Å². The lowest BCUT2D eigenvalue weighted by Gasteiger charge is -2.14. The van der Waals surface area contributed by atoms with E-state index in [-0.39, 0.29) is 0 Å². The summed E-state index contributed by atoms with van der Waals surface area (Å²) < 4.78 is 5.31. The zero-order valence-electron chi connectivity index (χ0n) is 8.93. The minimum absolute atomic E-state index is 0.631. The Labute approximate surface area is 86.4 Å². The van der Waals surface area contributed by atoms with Crippen LogP contribution in [0.25, 0.3) is 0 Å². The van der Waals surface area contributed by atoms with E-state index in [0.717, 1.165) is 19.1 Å². The van der Waals surface area contributed by atoms with E-state index in [1.165, 1.54) is 32.2 Å². The van der Waals surface area contributed by atoms with Crippen molar-refractivity contribution < 1.29 is 4.74 Å². The third-order valence-corrected chi connectivity index (χ3v) is 3.50. The number of nitrogens with two attached hydrogens (primary N) is 1. The molecule has 2 saturated carbocycles. The highest BCUT2D eigenvalue weighted by atomic mass is 16.5. The fourth-order valence-corrected chi connectivity index (χ4v) is 2.25. The van der Waals surface area contributed by atoms with Crippen molar-refractivity contribution in [2.24, 2.45) is 17.1 Å². The van der Waals surface area contributed by atoms with Crippen LogP contribution in [0.3, 0.4) is 0 Å². The second kappa shape index (κ2) is 4.60. The Hall–Kier alpha value is -0.120. The van der Waals surface area contributed by atoms with E-state index in [4.69, 9.17) is 10.5 Å². The first-order chi connectivity index (χ1) is 6.87. The van der Waals surface area contributed by atoms with E-state index in [0.29, 0.717) is 18.6 Å². The highest BCUT2D eigenvalue weighted by Crippen LogP contribution is 2.60. The van der Waals surface area contributed by atoms with Crippen LogP contribution >= 0.6 is 0 Å². The Balaban J connectivity index is 1.47. The highest BCUT2D eigenvalue weighted by molar-refractivity contribution is 5.04. The molecule has 0 bridgehead atoms. The fraction of sp³-hybridized carbons (Fsp3) is 1.00. The van der Waals surface area contributed by atoms with E-state index in [9.17, 15) is 0 Å². The van der Waals surface area contributed by atoms with Gasteiger partial charge in [-0.15, -0.1) is 0 Å². The lowest BCUT2D eigenvalue weighted by molar-refractivity contribution is 0.141. The van der Waals surface area contributed by atoms with Crippen LogP contribution in [-0.2, 0) is 4.74 Å². The summed E-state index contributed by atoms with van der Waals surface area (Å²) in [7, 11) is 0. The first-order valence-electron chi connectivity index (χ1n) is 5.86. The molecule has 2 aliphatic rings. The molecule has 2 fully saturated rings. The molecule has 3 nitrogen and oxygen atoms in total. The first kappa shape index (κ1) is 10.4. The van der Waals surface area contributed by atoms with Crippen LogP contribution in [0.4, 0.5) is 0 Å². The molecule has 2 aliphatic carbocycles. The van der Waals surface area contributed by atoms with Crippen molar-refractivity contribution in [3.63, 3.8) is 0 Å². The molecule has 82 valence electrons. The number of ether oxygens (including phenoxy) is 1. The third kappa shape index (κ3) is 2.69. The van der Waals surface area contributed by atoms with E-state index in [2.05, 4.69) is 5.32 Å². The zero-order chi connectivity index (χ0) is 9.86. The van der Waals surface area contributed by atoms with Crippen LogP contribution in [-0.4, -0.2) is 32.8 Å². The van der Waals surface area contributed by atoms with Crippen molar-refractivity contribution >= 4 is 0 Å². The van der Waals surface area contributed by atoms with Crippen molar-refractivity contribution in [1.29, 1.82) is 0 Å². The maximum absolute atomic E-state index is 5.33. The third-order valence-electron chi connectivity index (χ3n) is 3.50. The van der Waals surface area contributed by atoms with Gasteiger partial charge in [0.2, 0.25) is 0 Å². The van der Waals surface area contributed by atoms with Gasteiger partial charge in [0.05, 0.1) is 13.2 Å². The Morgan fingerprint density at radius 2 is 2.07 bits per heavy atom. The second-order valence-electron chi connectivity index (χ2n) is 4.71. The number of hydrogen-bond acceptors (Lipinski definition) is 3. The molecule has 0 aromatic rings. The Morgan fingerprint density at radius 1 is 1.29 bits per heavy atom. The predicted octanol–water partition coefficient (Wildman–Crippen LogP) is 0.741. The summed E-state index contributed by atoms with van der Waals surface area (Å²) in [5.74, 6) is 1.06. The number of nitrogens with one attached hydrogen (secondary N) is 1. The normalized spacial score (nSPS) is 23.8. The van der Waals surface area contributed by atoms with Crippen LogP contribution in [0, 0.1) is 11.3 Å². The summed E-state index contributed by atoms with van der Waals surface area (Å²) in [5, 5.41) is 3.50. The average molecular weight is 198 g/mol. The van der Waals surface area contributed by atoms with Gasteiger partial charge in [-0.1, -0.05) is 0 Å². The molecule has 2 rings (SSSR count). The average Bonchev–Trinajstić information content (AvgIpc) is 3.03. The van der Waals surface area contributed by atoms with Gasteiger partial charge in [0, 0.05) is 19.6 Å². The summed E-state index contributed by atoms with van der Waals surface area (Å²) in [6.07, 6.45) is 5.86. The van der Waals surface area contributed by atoms with Crippen molar-refractivity contribution in [3.8, 4) is 0 Å². The summed E-state index contributed by atoms with van der Waals surface area (Å²) in [5.41, 5.74) is 6.04. The molecule has 0 saturated heterocycles. The maximum atomic E-state index is 5.33. The molecule has 14 heavy (non-hydrogen) atoms. The highest BCUT2D eigenvalue weighted by Gasteiger charge is 2.52. The van der Waals surface area contributed by atoms with Crippen LogP contribution < -0.4 is 11.1 Å². The first-order valence-corrected chi connectivity index (χ1v) is 5.86. The quantitative estimate of drug-likeness (QED) is 0.566. The minimum Gasteiger partial charge on any atom is -0.379 e. The summed E-state index contributed by atoms with van der Waals surface area (Å²) in [6, 6.07) is 0. The minimum atomic E-state index is 0.631. The van der Waals surface area contributed by atoms with E-state index >= 15 is 0 Å². The molecule has 0 amide bonds. The molecule has 0 unspecified atom stereocenters. The van der Waals surface area contributed by atoms with Crippen molar-refractivity contribution in [2.45, 2.75) is 25.7 Å². The van der Waals surface area contributed by atoms with Crippen molar-refractivity contribution in [3.05, 3.63) is 0 Å². The lowest BCUT2D eigenvalue weighted by Crippen LogP contribution is -2.28. The van der Waals surface area contributed by atoms with Crippen molar-refractivity contribution in [1.82, 2.24) is 5.32 Å². The molecular formula is C11H22N2O. The van der Waals surface area contributed by atoms with Gasteiger partial charge in [0.15, 0.2) is 0 Å². The summed E-state index contributed by atoms with van der Waals surface area (Å²) in [6.45, 7) is 4.32. The molecular weight excluding hydrogens is 176 g/mol. The number of rotatable bonds is 8. The zero-order valence-corrected chi connectivity index (χ0v) is 8.93. The van der Waals surface area contributed by atoms with Gasteiger partial charge in [0.1, 0.15) is 0 Å². The largest absolute Gasteiger partial charge is 0.379 e. The monoisotopic (exact) mass is 198 g/mol. The second-order valence-corrected chi connectivity index (χ2v) is 4.71. The maximum Gasteiger partial charge on any atom is 0.0591 e. The Morgan fingerprint density at radius 3 is 2.64 bits per heavy atom. The topological polar surface area (TPSA) is 47.3 Å². The van der Waals surface area contributed by atoms with Gasteiger partial charge in [0.25, 0.3) is 0 Å². The van der Waals surface area contributed by atoms with Gasteiger partial charge in [-0.2, -0.15) is 0 Å². The summed E-state index contributed by atoms with van der Waals surface area (Å²) >= 11 is 0. The SMILES string of the molecule is NCCOCCNCC1(C2CC2)CC1. The van der Waals surface area contributed by atoms with Gasteiger partial charge in [-0.3, -0.25) is 0 Å². The fourth-order valence-electron chi connectivity index (χ4n) is 2.25. The number of hydrogen-bond donors (Lipinski definition) is 2. The molecule has 3 N–H and O–H groups in total. The van der Waals surface area contributed by atoms with Gasteiger partial charge in [-0.05, 0) is 37.0 Å². The predicted molar refractivity (Wildman–Crippen MR) is 57.1 cm³/mol. The Bertz CT molecular complexity index is 176. The molecule has 0 spiro atoms. The van der Waals surface area contributed by atoms with E-state index < -0.39 is 0 Å². The Kier molecular flexibility index (Phi) is 3.42. The smallest absolute Gasteiger partial charge is 0.0591 e. The molecule has 0 heterocycles. The van der Waals surface area contributed by atoms with Crippen LogP contribution in [0.1, 0.15) is 25.7 Å². The molecule has 0 radical (unpaired) electrons. The van der Waals surface area contributed by atoms with Crippen LogP contribution in [0.15, 0.2) is 0 Å². The molecule has 0 aliphatic heterocycles. The standard InChI is InChI=1S/C11H22N2O/c12-5-7-14-8-6-13-9-11(3-4-11)10-1-2-10/h10,13H,1-9,12H2. The van der Waals surface area contributed by atoms with E-state index in [1.54, 1.807) is 0 Å².